The number of halogens is 2. The van der Waals surface area contributed by atoms with Crippen LogP contribution in [0.3, 0.4) is 0 Å². The highest BCUT2D eigenvalue weighted by atomic mass is 35.5. The molecule has 0 aliphatic rings. The topological polar surface area (TPSA) is 62.7 Å². The maximum absolute atomic E-state index is 13.3. The van der Waals surface area contributed by atoms with E-state index in [4.69, 9.17) is 11.6 Å². The number of benzene rings is 2. The van der Waals surface area contributed by atoms with Gasteiger partial charge in [-0.05, 0) is 37.3 Å². The van der Waals surface area contributed by atoms with Gasteiger partial charge < -0.3 is 10.6 Å². The first-order valence-corrected chi connectivity index (χ1v) is 8.65. The third-order valence-corrected chi connectivity index (χ3v) is 4.22. The molecule has 7 heteroatoms. The summed E-state index contributed by atoms with van der Waals surface area (Å²) in [5, 5.41) is 7.41. The number of hydrogen-bond acceptors (Lipinski definition) is 5. The van der Waals surface area contributed by atoms with Gasteiger partial charge in [-0.2, -0.15) is 4.98 Å². The predicted molar refractivity (Wildman–Crippen MR) is 106 cm³/mol. The van der Waals surface area contributed by atoms with E-state index in [0.29, 0.717) is 17.5 Å². The van der Waals surface area contributed by atoms with Crippen molar-refractivity contribution in [3.63, 3.8) is 0 Å². The Hall–Kier alpha value is -3.25. The number of aryl methyl sites for hydroxylation is 1. The van der Waals surface area contributed by atoms with E-state index >= 15 is 0 Å². The molecule has 2 aromatic carbocycles. The van der Waals surface area contributed by atoms with Gasteiger partial charge in [-0.1, -0.05) is 29.8 Å². The number of fused-ring (bicyclic) bond motifs is 1. The van der Waals surface area contributed by atoms with Crippen molar-refractivity contribution in [1.29, 1.82) is 0 Å². The molecule has 134 valence electrons. The van der Waals surface area contributed by atoms with E-state index in [1.165, 1.54) is 12.1 Å². The van der Waals surface area contributed by atoms with Crippen LogP contribution in [0.2, 0.25) is 5.02 Å². The fourth-order valence-electron chi connectivity index (χ4n) is 2.74. The van der Waals surface area contributed by atoms with Crippen molar-refractivity contribution in [1.82, 2.24) is 15.0 Å². The molecule has 4 aromatic rings. The Kier molecular flexibility index (Phi) is 4.56. The molecule has 0 spiro atoms. The van der Waals surface area contributed by atoms with E-state index in [1.807, 2.05) is 37.3 Å². The first-order chi connectivity index (χ1) is 13.1. The number of rotatable bonds is 4. The van der Waals surface area contributed by atoms with E-state index in [-0.39, 0.29) is 5.02 Å². The average molecular weight is 380 g/mol. The maximum atomic E-state index is 13.3. The Balaban J connectivity index is 1.65. The molecule has 2 heterocycles. The molecule has 0 saturated carbocycles. The van der Waals surface area contributed by atoms with Crippen molar-refractivity contribution in [2.45, 2.75) is 6.92 Å². The van der Waals surface area contributed by atoms with Crippen LogP contribution in [0.5, 0.6) is 0 Å². The number of nitrogens with one attached hydrogen (secondary N) is 2. The minimum atomic E-state index is -0.466. The molecule has 0 saturated heterocycles. The minimum Gasteiger partial charge on any atom is -0.340 e. The second-order valence-electron chi connectivity index (χ2n) is 5.98. The summed E-state index contributed by atoms with van der Waals surface area (Å²) in [7, 11) is 0. The molecule has 0 unspecified atom stereocenters. The van der Waals surface area contributed by atoms with Gasteiger partial charge in [0.25, 0.3) is 0 Å². The van der Waals surface area contributed by atoms with Crippen LogP contribution in [0, 0.1) is 12.7 Å². The zero-order chi connectivity index (χ0) is 18.8. The van der Waals surface area contributed by atoms with Gasteiger partial charge in [-0.25, -0.2) is 9.37 Å². The van der Waals surface area contributed by atoms with E-state index in [1.54, 1.807) is 18.3 Å². The van der Waals surface area contributed by atoms with Crippen molar-refractivity contribution in [3.8, 4) is 0 Å². The first kappa shape index (κ1) is 17.2. The Morgan fingerprint density at radius 1 is 0.963 bits per heavy atom. The smallest absolute Gasteiger partial charge is 0.229 e. The number of aromatic nitrogens is 3. The first-order valence-electron chi connectivity index (χ1n) is 8.27. The van der Waals surface area contributed by atoms with Crippen LogP contribution in [-0.4, -0.2) is 15.0 Å². The molecule has 0 fully saturated rings. The summed E-state index contributed by atoms with van der Waals surface area (Å²) in [6.45, 7) is 1.87. The predicted octanol–water partition coefficient (Wildman–Crippen LogP) is 5.61. The molecule has 5 nitrogen and oxygen atoms in total. The molecular formula is C20H15ClFN5. The Labute approximate surface area is 160 Å². The summed E-state index contributed by atoms with van der Waals surface area (Å²) in [6, 6.07) is 16.0. The SMILES string of the molecule is Cc1cc(Nc2ccc(F)c(Cl)c2)nc(Nc2cccc3cccnc23)n1. The lowest BCUT2D eigenvalue weighted by Gasteiger charge is -2.11. The van der Waals surface area contributed by atoms with Gasteiger partial charge in [-0.15, -0.1) is 0 Å². The molecule has 0 bridgehead atoms. The van der Waals surface area contributed by atoms with Gasteiger partial charge in [-0.3, -0.25) is 4.98 Å². The molecule has 0 radical (unpaired) electrons. The largest absolute Gasteiger partial charge is 0.340 e. The second kappa shape index (κ2) is 7.17. The lowest BCUT2D eigenvalue weighted by Crippen LogP contribution is -2.03. The number of nitrogens with zero attached hydrogens (tertiary/aromatic N) is 3. The summed E-state index contributed by atoms with van der Waals surface area (Å²) in [4.78, 5) is 13.3. The summed E-state index contributed by atoms with van der Waals surface area (Å²) >= 11 is 5.84. The van der Waals surface area contributed by atoms with E-state index in [0.717, 1.165) is 22.3 Å². The Bertz CT molecular complexity index is 1130. The lowest BCUT2D eigenvalue weighted by atomic mass is 10.2. The summed E-state index contributed by atoms with van der Waals surface area (Å²) in [6.07, 6.45) is 1.75. The van der Waals surface area contributed by atoms with Crippen molar-refractivity contribution < 1.29 is 4.39 Å². The van der Waals surface area contributed by atoms with Crippen LogP contribution >= 0.6 is 11.6 Å². The number of pyridine rings is 1. The average Bonchev–Trinajstić information content (AvgIpc) is 2.65. The Morgan fingerprint density at radius 3 is 2.67 bits per heavy atom. The lowest BCUT2D eigenvalue weighted by molar-refractivity contribution is 0.628. The minimum absolute atomic E-state index is 0.0472. The highest BCUT2D eigenvalue weighted by molar-refractivity contribution is 6.31. The fraction of sp³-hybridized carbons (Fsp3) is 0.0500. The van der Waals surface area contributed by atoms with Crippen molar-refractivity contribution >= 4 is 45.6 Å². The van der Waals surface area contributed by atoms with Crippen LogP contribution in [0.1, 0.15) is 5.69 Å². The zero-order valence-corrected chi connectivity index (χ0v) is 15.1. The van der Waals surface area contributed by atoms with Gasteiger partial charge in [0.1, 0.15) is 11.6 Å². The molecule has 2 N–H and O–H groups in total. The van der Waals surface area contributed by atoms with Crippen LogP contribution in [0.25, 0.3) is 10.9 Å². The fourth-order valence-corrected chi connectivity index (χ4v) is 2.92. The normalized spacial score (nSPS) is 10.8. The highest BCUT2D eigenvalue weighted by Crippen LogP contribution is 2.25. The Morgan fingerprint density at radius 2 is 1.81 bits per heavy atom. The molecule has 0 aliphatic carbocycles. The molecule has 0 atom stereocenters. The zero-order valence-electron chi connectivity index (χ0n) is 14.4. The van der Waals surface area contributed by atoms with Crippen LogP contribution < -0.4 is 10.6 Å². The van der Waals surface area contributed by atoms with Gasteiger partial charge in [0.15, 0.2) is 0 Å². The number of para-hydroxylation sites is 1. The summed E-state index contributed by atoms with van der Waals surface area (Å²) < 4.78 is 13.3. The van der Waals surface area contributed by atoms with Crippen LogP contribution in [0.15, 0.2) is 60.8 Å². The molecule has 0 amide bonds. The summed E-state index contributed by atoms with van der Waals surface area (Å²) in [5.74, 6) is 0.539. The standard InChI is InChI=1S/C20H15ClFN5/c1-12-10-18(25-14-7-8-16(22)15(21)11-14)27-20(24-12)26-17-6-2-4-13-5-3-9-23-19(13)17/h2-11H,1H3,(H2,24,25,26,27). The molecular weight excluding hydrogens is 365 g/mol. The van der Waals surface area contributed by atoms with E-state index < -0.39 is 5.82 Å². The van der Waals surface area contributed by atoms with Gasteiger partial charge in [0, 0.05) is 29.0 Å². The highest BCUT2D eigenvalue weighted by Gasteiger charge is 2.08. The molecule has 4 rings (SSSR count). The van der Waals surface area contributed by atoms with Crippen LogP contribution in [-0.2, 0) is 0 Å². The maximum Gasteiger partial charge on any atom is 0.229 e. The van der Waals surface area contributed by atoms with Crippen molar-refractivity contribution in [2.75, 3.05) is 10.6 Å². The van der Waals surface area contributed by atoms with Gasteiger partial charge >= 0.3 is 0 Å². The third-order valence-electron chi connectivity index (χ3n) is 3.93. The quantitative estimate of drug-likeness (QED) is 0.482. The number of anilines is 4. The number of hydrogen-bond donors (Lipinski definition) is 2. The molecule has 0 aliphatic heterocycles. The molecule has 27 heavy (non-hydrogen) atoms. The third kappa shape index (κ3) is 3.80. The monoisotopic (exact) mass is 379 g/mol. The summed E-state index contributed by atoms with van der Waals surface area (Å²) in [5.41, 5.74) is 3.06. The second-order valence-corrected chi connectivity index (χ2v) is 6.38. The van der Waals surface area contributed by atoms with E-state index in [2.05, 4.69) is 25.6 Å². The van der Waals surface area contributed by atoms with Gasteiger partial charge in [0.05, 0.1) is 16.2 Å². The van der Waals surface area contributed by atoms with Crippen LogP contribution in [0.4, 0.5) is 27.5 Å². The van der Waals surface area contributed by atoms with Crippen molar-refractivity contribution in [2.24, 2.45) is 0 Å². The van der Waals surface area contributed by atoms with Gasteiger partial charge in [0.2, 0.25) is 5.95 Å². The molecule has 2 aromatic heterocycles. The van der Waals surface area contributed by atoms with E-state index in [9.17, 15) is 4.39 Å². The van der Waals surface area contributed by atoms with Crippen molar-refractivity contribution in [3.05, 3.63) is 77.3 Å².